The molecule has 2 aromatic rings. The Morgan fingerprint density at radius 2 is 2.38 bits per heavy atom. The second-order valence-electron chi connectivity index (χ2n) is 2.62. The first-order chi connectivity index (χ1) is 6.29. The summed E-state index contributed by atoms with van der Waals surface area (Å²) in [4.78, 5) is 17.0. The first kappa shape index (κ1) is 7.60. The molecule has 2 rings (SSSR count). The molecule has 5 heteroatoms. The highest BCUT2D eigenvalue weighted by atomic mass is 16.1. The van der Waals surface area contributed by atoms with Gasteiger partial charge in [-0.1, -0.05) is 0 Å². The van der Waals surface area contributed by atoms with Crippen LogP contribution < -0.4 is 11.1 Å². The maximum absolute atomic E-state index is 10.2. The number of fused-ring (bicyclic) bond motifs is 1. The van der Waals surface area contributed by atoms with E-state index in [2.05, 4.69) is 15.3 Å². The van der Waals surface area contributed by atoms with Crippen LogP contribution in [0.1, 0.15) is 0 Å². The van der Waals surface area contributed by atoms with Crippen LogP contribution in [-0.4, -0.2) is 16.4 Å². The first-order valence-corrected chi connectivity index (χ1v) is 3.75. The van der Waals surface area contributed by atoms with Gasteiger partial charge in [0.15, 0.2) is 5.95 Å². The lowest BCUT2D eigenvalue weighted by Crippen LogP contribution is -1.92. The van der Waals surface area contributed by atoms with E-state index >= 15 is 0 Å². The molecule has 0 atom stereocenters. The van der Waals surface area contributed by atoms with E-state index < -0.39 is 0 Å². The molecule has 1 heterocycles. The third kappa shape index (κ3) is 1.31. The van der Waals surface area contributed by atoms with Crippen molar-refractivity contribution < 1.29 is 4.79 Å². The molecule has 0 aliphatic rings. The van der Waals surface area contributed by atoms with Crippen molar-refractivity contribution in [3.63, 3.8) is 0 Å². The predicted octanol–water partition coefficient (Wildman–Crippen LogP) is 0.713. The number of hydrogen-bond acceptors (Lipinski definition) is 3. The summed E-state index contributed by atoms with van der Waals surface area (Å²) in [7, 11) is 0. The third-order valence-corrected chi connectivity index (χ3v) is 1.73. The smallest absolute Gasteiger partial charge is 0.211 e. The Morgan fingerprint density at radius 3 is 3.15 bits per heavy atom. The maximum Gasteiger partial charge on any atom is 0.211 e. The average Bonchev–Trinajstić information content (AvgIpc) is 2.44. The number of rotatable bonds is 2. The zero-order valence-electron chi connectivity index (χ0n) is 6.74. The summed E-state index contributed by atoms with van der Waals surface area (Å²) in [6.45, 7) is 0. The van der Waals surface area contributed by atoms with E-state index in [9.17, 15) is 4.79 Å². The van der Waals surface area contributed by atoms with Crippen LogP contribution in [0, 0.1) is 0 Å². The monoisotopic (exact) mass is 176 g/mol. The van der Waals surface area contributed by atoms with E-state index in [1.54, 1.807) is 18.2 Å². The Bertz CT molecular complexity index is 448. The Balaban J connectivity index is 2.54. The van der Waals surface area contributed by atoms with Crippen LogP contribution in [0.3, 0.4) is 0 Å². The van der Waals surface area contributed by atoms with Crippen molar-refractivity contribution in [3.8, 4) is 0 Å². The molecule has 0 aliphatic carbocycles. The molecule has 1 aromatic heterocycles. The predicted molar refractivity (Wildman–Crippen MR) is 50.2 cm³/mol. The molecular weight excluding hydrogens is 168 g/mol. The van der Waals surface area contributed by atoms with Gasteiger partial charge in [-0.25, -0.2) is 4.98 Å². The molecule has 0 spiro atoms. The van der Waals surface area contributed by atoms with Crippen molar-refractivity contribution in [2.24, 2.45) is 0 Å². The quantitative estimate of drug-likeness (QED) is 0.589. The number of carbonyl (C=O) groups excluding carboxylic acids is 1. The number of nitrogen functional groups attached to an aromatic ring is 1. The molecule has 4 N–H and O–H groups in total. The molecule has 0 fully saturated rings. The second kappa shape index (κ2) is 2.78. The maximum atomic E-state index is 10.2. The van der Waals surface area contributed by atoms with Gasteiger partial charge in [0.2, 0.25) is 6.41 Å². The minimum Gasteiger partial charge on any atom is -0.369 e. The molecule has 1 amide bonds. The zero-order valence-corrected chi connectivity index (χ0v) is 6.74. The lowest BCUT2D eigenvalue weighted by molar-refractivity contribution is -0.105. The molecule has 0 aliphatic heterocycles. The average molecular weight is 176 g/mol. The third-order valence-electron chi connectivity index (χ3n) is 1.73. The van der Waals surface area contributed by atoms with Crippen LogP contribution in [0.25, 0.3) is 11.0 Å². The van der Waals surface area contributed by atoms with Crippen molar-refractivity contribution in [2.75, 3.05) is 11.1 Å². The number of anilines is 2. The van der Waals surface area contributed by atoms with Gasteiger partial charge in [0.05, 0.1) is 11.0 Å². The first-order valence-electron chi connectivity index (χ1n) is 3.75. The fourth-order valence-corrected chi connectivity index (χ4v) is 1.19. The van der Waals surface area contributed by atoms with Gasteiger partial charge in [-0.15, -0.1) is 0 Å². The van der Waals surface area contributed by atoms with Crippen LogP contribution in [0.4, 0.5) is 11.6 Å². The number of carbonyl (C=O) groups is 1. The lowest BCUT2D eigenvalue weighted by atomic mass is 10.3. The fraction of sp³-hybridized carbons (Fsp3) is 0. The van der Waals surface area contributed by atoms with Crippen LogP contribution in [-0.2, 0) is 4.79 Å². The van der Waals surface area contributed by atoms with Gasteiger partial charge in [0, 0.05) is 5.69 Å². The summed E-state index contributed by atoms with van der Waals surface area (Å²) in [5.74, 6) is 0.373. The molecule has 66 valence electrons. The SMILES string of the molecule is Nc1nc2ccc(NC=O)cc2[nH]1. The van der Waals surface area contributed by atoms with E-state index in [0.717, 1.165) is 11.0 Å². The van der Waals surface area contributed by atoms with Gasteiger partial charge in [0.25, 0.3) is 0 Å². The van der Waals surface area contributed by atoms with Gasteiger partial charge in [-0.2, -0.15) is 0 Å². The number of H-pyrrole nitrogens is 1. The minimum absolute atomic E-state index is 0.373. The number of imidazole rings is 1. The summed E-state index contributed by atoms with van der Waals surface area (Å²) in [5.41, 5.74) is 7.77. The molecule has 13 heavy (non-hydrogen) atoms. The van der Waals surface area contributed by atoms with Gasteiger partial charge < -0.3 is 16.0 Å². The molecular formula is C8H8N4O. The largest absolute Gasteiger partial charge is 0.369 e. The number of nitrogens with one attached hydrogen (secondary N) is 2. The fourth-order valence-electron chi connectivity index (χ4n) is 1.19. The standard InChI is InChI=1S/C8H8N4O/c9-8-11-6-2-1-5(10-4-13)3-7(6)12-8/h1-4H,(H,10,13)(H3,9,11,12). The van der Waals surface area contributed by atoms with Crippen molar-refractivity contribution >= 4 is 29.1 Å². The molecule has 0 saturated heterocycles. The van der Waals surface area contributed by atoms with E-state index in [0.29, 0.717) is 18.0 Å². The normalized spacial score (nSPS) is 10.2. The summed E-state index contributed by atoms with van der Waals surface area (Å²) >= 11 is 0. The minimum atomic E-state index is 0.373. The number of aromatic nitrogens is 2. The van der Waals surface area contributed by atoms with Gasteiger partial charge in [-0.05, 0) is 18.2 Å². The van der Waals surface area contributed by atoms with Crippen molar-refractivity contribution in [1.82, 2.24) is 9.97 Å². The second-order valence-corrected chi connectivity index (χ2v) is 2.62. The Hall–Kier alpha value is -2.04. The molecule has 0 bridgehead atoms. The van der Waals surface area contributed by atoms with Crippen LogP contribution >= 0.6 is 0 Å². The van der Waals surface area contributed by atoms with Gasteiger partial charge in [0.1, 0.15) is 0 Å². The van der Waals surface area contributed by atoms with Crippen LogP contribution in [0.2, 0.25) is 0 Å². The molecule has 1 aromatic carbocycles. The molecule has 0 saturated carbocycles. The molecule has 0 radical (unpaired) electrons. The van der Waals surface area contributed by atoms with E-state index in [1.165, 1.54) is 0 Å². The number of nitrogens with zero attached hydrogens (tertiary/aromatic N) is 1. The number of amides is 1. The molecule has 5 nitrogen and oxygen atoms in total. The summed E-state index contributed by atoms with van der Waals surface area (Å²) in [6.07, 6.45) is 0.626. The Labute approximate surface area is 74.0 Å². The number of nitrogens with two attached hydrogens (primary N) is 1. The topological polar surface area (TPSA) is 83.8 Å². The molecule has 0 unspecified atom stereocenters. The van der Waals surface area contributed by atoms with Gasteiger partial charge in [-0.3, -0.25) is 4.79 Å². The summed E-state index contributed by atoms with van der Waals surface area (Å²) in [5, 5.41) is 2.54. The van der Waals surface area contributed by atoms with Crippen molar-refractivity contribution in [3.05, 3.63) is 18.2 Å². The Morgan fingerprint density at radius 1 is 1.54 bits per heavy atom. The number of benzene rings is 1. The van der Waals surface area contributed by atoms with Crippen LogP contribution in [0.15, 0.2) is 18.2 Å². The Kier molecular flexibility index (Phi) is 1.63. The highest BCUT2D eigenvalue weighted by Crippen LogP contribution is 2.17. The lowest BCUT2D eigenvalue weighted by Gasteiger charge is -1.96. The van der Waals surface area contributed by atoms with E-state index in [4.69, 9.17) is 5.73 Å². The highest BCUT2D eigenvalue weighted by Gasteiger charge is 1.99. The van der Waals surface area contributed by atoms with Crippen LogP contribution in [0.5, 0.6) is 0 Å². The van der Waals surface area contributed by atoms with E-state index in [-0.39, 0.29) is 0 Å². The van der Waals surface area contributed by atoms with Crippen molar-refractivity contribution in [1.29, 1.82) is 0 Å². The highest BCUT2D eigenvalue weighted by molar-refractivity contribution is 5.84. The van der Waals surface area contributed by atoms with Crippen molar-refractivity contribution in [2.45, 2.75) is 0 Å². The summed E-state index contributed by atoms with van der Waals surface area (Å²) < 4.78 is 0. The van der Waals surface area contributed by atoms with Gasteiger partial charge >= 0.3 is 0 Å². The summed E-state index contributed by atoms with van der Waals surface area (Å²) in [6, 6.07) is 5.32. The van der Waals surface area contributed by atoms with E-state index in [1.807, 2.05) is 0 Å². The number of hydrogen-bond donors (Lipinski definition) is 3. The zero-order chi connectivity index (χ0) is 9.26. The number of aromatic amines is 1.